The number of guanidine groups is 1. The van der Waals surface area contributed by atoms with E-state index in [-0.39, 0.29) is 11.5 Å². The van der Waals surface area contributed by atoms with E-state index >= 15 is 0 Å². The Labute approximate surface area is 177 Å². The van der Waals surface area contributed by atoms with Crippen molar-refractivity contribution in [3.8, 4) is 5.75 Å². The molecule has 1 saturated heterocycles. The lowest BCUT2D eigenvalue weighted by molar-refractivity contribution is 0.155. The fourth-order valence-electron chi connectivity index (χ4n) is 4.31. The first-order chi connectivity index (χ1) is 14.4. The number of nitrogens with one attached hydrogen (secondary N) is 1. The van der Waals surface area contributed by atoms with Gasteiger partial charge in [-0.25, -0.2) is 0 Å². The van der Waals surface area contributed by atoms with Crippen LogP contribution in [-0.2, 0) is 12.1 Å². The first-order valence-corrected chi connectivity index (χ1v) is 10.4. The molecule has 4 rings (SSSR count). The third-order valence-electron chi connectivity index (χ3n) is 6.15. The maximum atomic E-state index is 8.23. The molecule has 1 fully saturated rings. The maximum Gasteiger partial charge on any atom is 0.193 e. The highest BCUT2D eigenvalue weighted by Crippen LogP contribution is 2.37. The number of fused-ring (bicyclic) bond motifs is 1. The molecule has 30 heavy (non-hydrogen) atoms. The Morgan fingerprint density at radius 1 is 1.17 bits per heavy atom. The van der Waals surface area contributed by atoms with E-state index < -0.39 is 0 Å². The van der Waals surface area contributed by atoms with Gasteiger partial charge in [0.1, 0.15) is 17.1 Å². The van der Waals surface area contributed by atoms with Crippen LogP contribution in [0.2, 0.25) is 0 Å². The molecule has 0 bridgehead atoms. The number of likely N-dealkylation sites (tertiary alicyclic amines) is 1. The van der Waals surface area contributed by atoms with Crippen LogP contribution in [0.1, 0.15) is 38.0 Å². The van der Waals surface area contributed by atoms with Crippen LogP contribution in [0, 0.1) is 5.41 Å². The van der Waals surface area contributed by atoms with Crippen LogP contribution in [0.15, 0.2) is 52.9 Å². The lowest BCUT2D eigenvalue weighted by Crippen LogP contribution is -2.40. The highest BCUT2D eigenvalue weighted by molar-refractivity contribution is 5.94. The summed E-state index contributed by atoms with van der Waals surface area (Å²) in [6, 6.07) is 16.1. The van der Waals surface area contributed by atoms with E-state index in [1.54, 1.807) is 12.0 Å². The van der Waals surface area contributed by atoms with Gasteiger partial charge < -0.3 is 19.8 Å². The van der Waals surface area contributed by atoms with Crippen LogP contribution in [0.5, 0.6) is 5.75 Å². The highest BCUT2D eigenvalue weighted by atomic mass is 16.5. The number of hydrogen-bond acceptors (Lipinski definition) is 4. The van der Waals surface area contributed by atoms with Gasteiger partial charge in [-0.15, -0.1) is 0 Å². The molecular weight excluding hydrogens is 376 g/mol. The minimum Gasteiger partial charge on any atom is -0.495 e. The minimum atomic E-state index is -0.112. The topological polar surface area (TPSA) is 78.7 Å². The number of hydrogen-bond donors (Lipinski definition) is 2. The van der Waals surface area contributed by atoms with Crippen molar-refractivity contribution in [3.63, 3.8) is 0 Å². The maximum absolute atomic E-state index is 8.23. The molecule has 0 atom stereocenters. The van der Waals surface area contributed by atoms with Crippen LogP contribution in [0.4, 0.5) is 5.69 Å². The summed E-state index contributed by atoms with van der Waals surface area (Å²) in [5.41, 5.74) is 8.68. The molecule has 3 aromatic rings. The second kappa shape index (κ2) is 8.03. The molecule has 3 N–H and O–H groups in total. The highest BCUT2D eigenvalue weighted by Gasteiger charge is 2.32. The van der Waals surface area contributed by atoms with Gasteiger partial charge in [0.25, 0.3) is 0 Å². The van der Waals surface area contributed by atoms with Gasteiger partial charge in [0.15, 0.2) is 5.96 Å². The number of nitrogens with two attached hydrogens (primary N) is 1. The monoisotopic (exact) mass is 406 g/mol. The van der Waals surface area contributed by atoms with Crippen LogP contribution in [-0.4, -0.2) is 31.1 Å². The average molecular weight is 407 g/mol. The summed E-state index contributed by atoms with van der Waals surface area (Å²) >= 11 is 0. The summed E-state index contributed by atoms with van der Waals surface area (Å²) in [7, 11) is 1.64. The van der Waals surface area contributed by atoms with Crippen molar-refractivity contribution in [1.29, 1.82) is 5.41 Å². The summed E-state index contributed by atoms with van der Waals surface area (Å²) < 4.78 is 11.6. The van der Waals surface area contributed by atoms with Crippen LogP contribution in [0.3, 0.4) is 0 Å². The van der Waals surface area contributed by atoms with Gasteiger partial charge in [-0.1, -0.05) is 24.3 Å². The normalized spacial score (nSPS) is 14.9. The lowest BCUT2D eigenvalue weighted by Gasteiger charge is -2.37. The van der Waals surface area contributed by atoms with E-state index in [2.05, 4.69) is 30.9 Å². The third-order valence-corrected chi connectivity index (χ3v) is 6.15. The molecule has 1 aromatic heterocycles. The van der Waals surface area contributed by atoms with Gasteiger partial charge in [-0.2, -0.15) is 0 Å². The number of nitrogens with zero attached hydrogens (tertiary/aromatic N) is 2. The number of ether oxygens (including phenoxy) is 1. The number of anilines is 1. The quantitative estimate of drug-likeness (QED) is 0.459. The van der Waals surface area contributed by atoms with Gasteiger partial charge in [0, 0.05) is 10.9 Å². The zero-order valence-electron chi connectivity index (χ0n) is 17.9. The summed E-state index contributed by atoms with van der Waals surface area (Å²) in [6.07, 6.45) is 2.47. The molecule has 6 nitrogen and oxygen atoms in total. The summed E-state index contributed by atoms with van der Waals surface area (Å²) in [4.78, 5) is 4.25. The van der Waals surface area contributed by atoms with Crippen molar-refractivity contribution in [2.24, 2.45) is 5.73 Å². The van der Waals surface area contributed by atoms with Crippen LogP contribution >= 0.6 is 0 Å². The Morgan fingerprint density at radius 3 is 2.57 bits per heavy atom. The number of benzene rings is 2. The van der Waals surface area contributed by atoms with Gasteiger partial charge >= 0.3 is 0 Å². The first kappa shape index (κ1) is 20.3. The second-order valence-corrected chi connectivity index (χ2v) is 8.36. The Hall–Kier alpha value is -2.99. The molecule has 2 aromatic carbocycles. The molecule has 0 amide bonds. The second-order valence-electron chi connectivity index (χ2n) is 8.36. The molecule has 0 aliphatic carbocycles. The average Bonchev–Trinajstić information content (AvgIpc) is 3.41. The van der Waals surface area contributed by atoms with Gasteiger partial charge in [0.05, 0.1) is 19.3 Å². The molecule has 2 heterocycles. The first-order valence-electron chi connectivity index (χ1n) is 10.4. The standard InChI is InChI=1S/C24H30N4O2/c1-24(2,27-12-6-7-13-27)18-10-11-22(29-3)20(15-18)28(23(25)26)16-19-14-17-8-4-5-9-21(17)30-19/h4-5,8-11,14-15H,6-7,12-13,16H2,1-3H3,(H3,25,26). The van der Waals surface area contributed by atoms with E-state index in [4.69, 9.17) is 20.3 Å². The van der Waals surface area contributed by atoms with Crippen molar-refractivity contribution in [2.75, 3.05) is 25.1 Å². The zero-order valence-corrected chi connectivity index (χ0v) is 17.9. The molecule has 0 saturated carbocycles. The van der Waals surface area contributed by atoms with Crippen LogP contribution < -0.4 is 15.4 Å². The minimum absolute atomic E-state index is 0.0510. The number of rotatable bonds is 6. The van der Waals surface area contributed by atoms with Gasteiger partial charge in [0.2, 0.25) is 0 Å². The van der Waals surface area contributed by atoms with E-state index in [0.717, 1.165) is 35.5 Å². The molecule has 1 aliphatic rings. The van der Waals surface area contributed by atoms with E-state index in [0.29, 0.717) is 12.3 Å². The molecule has 6 heteroatoms. The Bertz CT molecular complexity index is 1020. The molecule has 1 aliphatic heterocycles. The molecule has 0 radical (unpaired) electrons. The Balaban J connectivity index is 1.71. The molecule has 0 unspecified atom stereocenters. The molecular formula is C24H30N4O2. The van der Waals surface area contributed by atoms with Crippen molar-refractivity contribution in [2.45, 2.75) is 38.8 Å². The summed E-state index contributed by atoms with van der Waals surface area (Å²) in [6.45, 7) is 7.06. The fourth-order valence-corrected chi connectivity index (χ4v) is 4.31. The SMILES string of the molecule is COc1ccc(C(C)(C)N2CCCC2)cc1N(Cc1cc2ccccc2o1)C(=N)N. The number of para-hydroxylation sites is 1. The zero-order chi connectivity index (χ0) is 21.3. The smallest absolute Gasteiger partial charge is 0.193 e. The third kappa shape index (κ3) is 3.75. The fraction of sp³-hybridized carbons (Fsp3) is 0.375. The summed E-state index contributed by atoms with van der Waals surface area (Å²) in [5.74, 6) is 1.38. The predicted octanol–water partition coefficient (Wildman–Crippen LogP) is 4.67. The largest absolute Gasteiger partial charge is 0.495 e. The number of furan rings is 1. The Morgan fingerprint density at radius 2 is 1.90 bits per heavy atom. The van der Waals surface area contributed by atoms with Gasteiger partial charge in [-0.05, 0) is 69.6 Å². The molecule has 158 valence electrons. The van der Waals surface area contributed by atoms with Gasteiger partial charge in [-0.3, -0.25) is 10.3 Å². The van der Waals surface area contributed by atoms with Crippen LogP contribution in [0.25, 0.3) is 11.0 Å². The van der Waals surface area contributed by atoms with E-state index in [1.807, 2.05) is 36.4 Å². The van der Waals surface area contributed by atoms with Crippen molar-refractivity contribution in [3.05, 3.63) is 59.9 Å². The van der Waals surface area contributed by atoms with Crippen molar-refractivity contribution in [1.82, 2.24) is 4.90 Å². The van der Waals surface area contributed by atoms with Crippen molar-refractivity contribution < 1.29 is 9.15 Å². The van der Waals surface area contributed by atoms with Crippen molar-refractivity contribution >= 4 is 22.6 Å². The number of methoxy groups -OCH3 is 1. The molecule has 0 spiro atoms. The van der Waals surface area contributed by atoms with E-state index in [9.17, 15) is 0 Å². The summed E-state index contributed by atoms with van der Waals surface area (Å²) in [5, 5.41) is 9.27. The Kier molecular flexibility index (Phi) is 5.43. The predicted molar refractivity (Wildman–Crippen MR) is 121 cm³/mol. The van der Waals surface area contributed by atoms with E-state index in [1.165, 1.54) is 18.4 Å². The lowest BCUT2D eigenvalue weighted by atomic mass is 9.91.